The first kappa shape index (κ1) is 11.3. The lowest BCUT2D eigenvalue weighted by Crippen LogP contribution is -2.50. The van der Waals surface area contributed by atoms with E-state index in [2.05, 4.69) is 0 Å². The van der Waals surface area contributed by atoms with Crippen molar-refractivity contribution in [2.75, 3.05) is 32.6 Å². The van der Waals surface area contributed by atoms with Crippen LogP contribution in [0.4, 0.5) is 0 Å². The van der Waals surface area contributed by atoms with Crippen molar-refractivity contribution >= 4 is 23.4 Å². The summed E-state index contributed by atoms with van der Waals surface area (Å²) < 4.78 is 0. The molecule has 0 aromatic heterocycles. The lowest BCUT2D eigenvalue weighted by Gasteiger charge is -2.31. The molecule has 0 aromatic rings. The van der Waals surface area contributed by atoms with Gasteiger partial charge < -0.3 is 9.80 Å². The normalized spacial score (nSPS) is 17.4. The van der Waals surface area contributed by atoms with Crippen LogP contribution in [0.3, 0.4) is 0 Å². The number of carbonyl (C=O) groups is 2. The lowest BCUT2D eigenvalue weighted by atomic mass is 10.2. The van der Waals surface area contributed by atoms with E-state index in [4.69, 9.17) is 11.6 Å². The molecule has 2 amide bonds. The van der Waals surface area contributed by atoms with Crippen LogP contribution in [-0.4, -0.2) is 54.2 Å². The molecule has 0 saturated carbocycles. The Morgan fingerprint density at radius 3 is 2.79 bits per heavy atom. The largest absolute Gasteiger partial charge is 0.342 e. The molecule has 1 fully saturated rings. The standard InChI is InChI=1S/C9H15ClN2O2/c1-11-5-6-12(7-9(11)14)8(13)3-2-4-10/h2-7H2,1H3. The van der Waals surface area contributed by atoms with Gasteiger partial charge in [0.2, 0.25) is 11.8 Å². The number of halogens is 1. The van der Waals surface area contributed by atoms with Crippen molar-refractivity contribution in [3.05, 3.63) is 0 Å². The number of nitrogens with zero attached hydrogens (tertiary/aromatic N) is 2. The highest BCUT2D eigenvalue weighted by Gasteiger charge is 2.23. The second-order valence-electron chi connectivity index (χ2n) is 3.42. The Morgan fingerprint density at radius 2 is 2.21 bits per heavy atom. The number of alkyl halides is 1. The Bertz CT molecular complexity index is 233. The van der Waals surface area contributed by atoms with Gasteiger partial charge in [-0.1, -0.05) is 0 Å². The number of piperazine rings is 1. The monoisotopic (exact) mass is 218 g/mol. The van der Waals surface area contributed by atoms with Crippen molar-refractivity contribution < 1.29 is 9.59 Å². The minimum atomic E-state index is 0.00970. The van der Waals surface area contributed by atoms with Gasteiger partial charge in [-0.15, -0.1) is 11.6 Å². The highest BCUT2D eigenvalue weighted by atomic mass is 35.5. The van der Waals surface area contributed by atoms with Crippen LogP contribution < -0.4 is 0 Å². The summed E-state index contributed by atoms with van der Waals surface area (Å²) in [5.74, 6) is 0.538. The SMILES string of the molecule is CN1CCN(C(=O)CCCCl)CC1=O. The zero-order valence-corrected chi connectivity index (χ0v) is 9.09. The van der Waals surface area contributed by atoms with Gasteiger partial charge >= 0.3 is 0 Å². The topological polar surface area (TPSA) is 40.6 Å². The molecular formula is C9H15ClN2O2. The van der Waals surface area contributed by atoms with Gasteiger partial charge in [-0.25, -0.2) is 0 Å². The van der Waals surface area contributed by atoms with E-state index in [0.717, 1.165) is 0 Å². The van der Waals surface area contributed by atoms with Crippen molar-refractivity contribution in [2.45, 2.75) is 12.8 Å². The molecular weight excluding hydrogens is 204 g/mol. The van der Waals surface area contributed by atoms with E-state index in [1.165, 1.54) is 0 Å². The van der Waals surface area contributed by atoms with E-state index >= 15 is 0 Å². The molecule has 0 aromatic carbocycles. The summed E-state index contributed by atoms with van der Waals surface area (Å²) in [6.45, 7) is 1.49. The first-order valence-electron chi connectivity index (χ1n) is 4.73. The summed E-state index contributed by atoms with van der Waals surface area (Å²) in [5.41, 5.74) is 0. The summed E-state index contributed by atoms with van der Waals surface area (Å²) >= 11 is 5.49. The molecule has 4 nitrogen and oxygen atoms in total. The molecule has 1 heterocycles. The maximum atomic E-state index is 11.5. The van der Waals surface area contributed by atoms with Crippen molar-refractivity contribution in [3.63, 3.8) is 0 Å². The molecule has 5 heteroatoms. The predicted octanol–water partition coefficient (Wildman–Crippen LogP) is 0.306. The van der Waals surface area contributed by atoms with Crippen molar-refractivity contribution in [1.29, 1.82) is 0 Å². The third kappa shape index (κ3) is 2.87. The molecule has 80 valence electrons. The summed E-state index contributed by atoms with van der Waals surface area (Å²) in [5, 5.41) is 0. The first-order chi connectivity index (χ1) is 6.65. The zero-order chi connectivity index (χ0) is 10.6. The van der Waals surface area contributed by atoms with Crippen LogP contribution in [-0.2, 0) is 9.59 Å². The van der Waals surface area contributed by atoms with Gasteiger partial charge in [-0.2, -0.15) is 0 Å². The smallest absolute Gasteiger partial charge is 0.241 e. The maximum absolute atomic E-state index is 11.5. The summed E-state index contributed by atoms with van der Waals surface area (Å²) in [4.78, 5) is 26.0. The van der Waals surface area contributed by atoms with Gasteiger partial charge in [0.25, 0.3) is 0 Å². The van der Waals surface area contributed by atoms with Crippen molar-refractivity contribution in [2.24, 2.45) is 0 Å². The summed E-state index contributed by atoms with van der Waals surface area (Å²) in [7, 11) is 1.75. The van der Waals surface area contributed by atoms with Crippen LogP contribution in [0.25, 0.3) is 0 Å². The quantitative estimate of drug-likeness (QED) is 0.640. The second-order valence-corrected chi connectivity index (χ2v) is 3.80. The van der Waals surface area contributed by atoms with E-state index in [1.807, 2.05) is 0 Å². The zero-order valence-electron chi connectivity index (χ0n) is 8.33. The van der Waals surface area contributed by atoms with Crippen LogP contribution in [0.5, 0.6) is 0 Å². The Hall–Kier alpha value is -0.770. The van der Waals surface area contributed by atoms with Crippen molar-refractivity contribution in [1.82, 2.24) is 9.80 Å². The first-order valence-corrected chi connectivity index (χ1v) is 5.26. The average molecular weight is 219 g/mol. The average Bonchev–Trinajstić information content (AvgIpc) is 2.18. The molecule has 0 spiro atoms. The minimum Gasteiger partial charge on any atom is -0.342 e. The number of carbonyl (C=O) groups excluding carboxylic acids is 2. The van der Waals surface area contributed by atoms with Gasteiger partial charge in [-0.3, -0.25) is 9.59 Å². The number of likely N-dealkylation sites (N-methyl/N-ethyl adjacent to an activating group) is 1. The fourth-order valence-electron chi connectivity index (χ4n) is 1.35. The fourth-order valence-corrected chi connectivity index (χ4v) is 1.48. The lowest BCUT2D eigenvalue weighted by molar-refractivity contribution is -0.144. The number of amides is 2. The fraction of sp³-hybridized carbons (Fsp3) is 0.778. The van der Waals surface area contributed by atoms with E-state index in [-0.39, 0.29) is 18.4 Å². The highest BCUT2D eigenvalue weighted by molar-refractivity contribution is 6.17. The van der Waals surface area contributed by atoms with Crippen LogP contribution in [0, 0.1) is 0 Å². The van der Waals surface area contributed by atoms with Gasteiger partial charge in [-0.05, 0) is 6.42 Å². The molecule has 0 bridgehead atoms. The molecule has 0 unspecified atom stereocenters. The van der Waals surface area contributed by atoms with Gasteiger partial charge in [0.15, 0.2) is 0 Å². The molecule has 0 aliphatic carbocycles. The minimum absolute atomic E-state index is 0.00970. The second kappa shape index (κ2) is 5.20. The van der Waals surface area contributed by atoms with Gasteiger partial charge in [0, 0.05) is 32.4 Å². The van der Waals surface area contributed by atoms with Gasteiger partial charge in [0.1, 0.15) is 0 Å². The third-order valence-electron chi connectivity index (χ3n) is 2.33. The van der Waals surface area contributed by atoms with E-state index < -0.39 is 0 Å². The van der Waals surface area contributed by atoms with E-state index in [0.29, 0.717) is 31.8 Å². The predicted molar refractivity (Wildman–Crippen MR) is 54.2 cm³/mol. The summed E-state index contributed by atoms with van der Waals surface area (Å²) in [6, 6.07) is 0. The molecule has 1 rings (SSSR count). The van der Waals surface area contributed by atoms with Crippen LogP contribution in [0.1, 0.15) is 12.8 Å². The third-order valence-corrected chi connectivity index (χ3v) is 2.60. The molecule has 1 aliphatic rings. The van der Waals surface area contributed by atoms with Crippen LogP contribution in [0.15, 0.2) is 0 Å². The number of hydrogen-bond donors (Lipinski definition) is 0. The van der Waals surface area contributed by atoms with E-state index in [9.17, 15) is 9.59 Å². The van der Waals surface area contributed by atoms with Crippen LogP contribution in [0.2, 0.25) is 0 Å². The van der Waals surface area contributed by atoms with Crippen molar-refractivity contribution in [3.8, 4) is 0 Å². The van der Waals surface area contributed by atoms with Gasteiger partial charge in [0.05, 0.1) is 6.54 Å². The van der Waals surface area contributed by atoms with Crippen LogP contribution >= 0.6 is 11.6 Å². The maximum Gasteiger partial charge on any atom is 0.241 e. The highest BCUT2D eigenvalue weighted by Crippen LogP contribution is 2.05. The number of hydrogen-bond acceptors (Lipinski definition) is 2. The Morgan fingerprint density at radius 1 is 1.50 bits per heavy atom. The summed E-state index contributed by atoms with van der Waals surface area (Å²) in [6.07, 6.45) is 1.13. The molecule has 1 aliphatic heterocycles. The molecule has 0 radical (unpaired) electrons. The Balaban J connectivity index is 2.38. The molecule has 1 saturated heterocycles. The molecule has 0 atom stereocenters. The molecule has 14 heavy (non-hydrogen) atoms. The Kier molecular flexibility index (Phi) is 4.20. The molecule has 0 N–H and O–H groups in total. The number of rotatable bonds is 3. The van der Waals surface area contributed by atoms with E-state index in [1.54, 1.807) is 16.8 Å². The Labute approximate surface area is 88.8 Å².